The van der Waals surface area contributed by atoms with Crippen LogP contribution in [0.25, 0.3) is 22.3 Å². The quantitative estimate of drug-likeness (QED) is 0.637. The van der Waals surface area contributed by atoms with Gasteiger partial charge in [0.25, 0.3) is 0 Å². The lowest BCUT2D eigenvalue weighted by atomic mass is 10.1. The number of hydrogen-bond donors (Lipinski definition) is 0. The van der Waals surface area contributed by atoms with E-state index in [4.69, 9.17) is 16.3 Å². The first-order chi connectivity index (χ1) is 14.1. The van der Waals surface area contributed by atoms with Gasteiger partial charge in [-0.25, -0.2) is 19.2 Å². The fourth-order valence-corrected chi connectivity index (χ4v) is 3.65. The summed E-state index contributed by atoms with van der Waals surface area (Å²) < 4.78 is 19.8. The second-order valence-corrected chi connectivity index (χ2v) is 7.06. The van der Waals surface area contributed by atoms with Crippen molar-refractivity contribution in [3.8, 4) is 11.4 Å². The van der Waals surface area contributed by atoms with Crippen LogP contribution in [0.3, 0.4) is 0 Å². The van der Waals surface area contributed by atoms with Crippen molar-refractivity contribution in [3.05, 3.63) is 53.3 Å². The number of aromatic nitrogens is 2. The number of rotatable bonds is 3. The van der Waals surface area contributed by atoms with Gasteiger partial charge >= 0.3 is 6.09 Å². The van der Waals surface area contributed by atoms with Crippen LogP contribution in [-0.2, 0) is 4.74 Å². The third-order valence-corrected chi connectivity index (χ3v) is 5.20. The predicted molar refractivity (Wildman–Crippen MR) is 111 cm³/mol. The van der Waals surface area contributed by atoms with Gasteiger partial charge in [-0.15, -0.1) is 0 Å². The number of carbonyl (C=O) groups excluding carboxylic acids is 1. The lowest BCUT2D eigenvalue weighted by Gasteiger charge is -2.35. The topological polar surface area (TPSA) is 58.6 Å². The van der Waals surface area contributed by atoms with Crippen LogP contribution < -0.4 is 4.90 Å². The Kier molecular flexibility index (Phi) is 5.49. The smallest absolute Gasteiger partial charge is 0.409 e. The van der Waals surface area contributed by atoms with Gasteiger partial charge in [-0.2, -0.15) is 0 Å². The molecule has 2 aromatic carbocycles. The molecule has 2 heterocycles. The summed E-state index contributed by atoms with van der Waals surface area (Å²) in [6.45, 7) is 4.09. The first-order valence-corrected chi connectivity index (χ1v) is 9.84. The maximum atomic E-state index is 14.7. The van der Waals surface area contributed by atoms with Crippen molar-refractivity contribution in [1.29, 1.82) is 0 Å². The van der Waals surface area contributed by atoms with Crippen molar-refractivity contribution in [1.82, 2.24) is 14.9 Å². The van der Waals surface area contributed by atoms with Gasteiger partial charge in [0.1, 0.15) is 11.6 Å². The summed E-state index contributed by atoms with van der Waals surface area (Å²) >= 11 is 6.34. The minimum Gasteiger partial charge on any atom is -0.450 e. The normalized spacial score (nSPS) is 14.3. The molecule has 4 rings (SSSR count). The zero-order chi connectivity index (χ0) is 20.4. The Morgan fingerprint density at radius 2 is 1.86 bits per heavy atom. The maximum Gasteiger partial charge on any atom is 0.409 e. The van der Waals surface area contributed by atoms with E-state index in [2.05, 4.69) is 9.97 Å². The Morgan fingerprint density at radius 1 is 1.10 bits per heavy atom. The minimum absolute atomic E-state index is 0.331. The average Bonchev–Trinajstić information content (AvgIpc) is 2.74. The zero-order valence-electron chi connectivity index (χ0n) is 15.9. The third-order valence-electron chi connectivity index (χ3n) is 4.87. The summed E-state index contributed by atoms with van der Waals surface area (Å²) in [4.78, 5) is 24.8. The Bertz CT molecular complexity index is 1050. The molecule has 1 aliphatic heterocycles. The molecule has 0 saturated carbocycles. The van der Waals surface area contributed by atoms with Gasteiger partial charge in [0, 0.05) is 31.7 Å². The van der Waals surface area contributed by atoms with Gasteiger partial charge in [-0.3, -0.25) is 0 Å². The SMILES string of the molecule is CCOC(=O)N1CCN(c2nc(-c3ccccc3Cl)nc3cccc(F)c23)CC1. The highest BCUT2D eigenvalue weighted by Crippen LogP contribution is 2.32. The molecule has 0 spiro atoms. The lowest BCUT2D eigenvalue weighted by Crippen LogP contribution is -2.49. The summed E-state index contributed by atoms with van der Waals surface area (Å²) in [6.07, 6.45) is -0.331. The van der Waals surface area contributed by atoms with Gasteiger partial charge in [0.2, 0.25) is 0 Å². The Balaban J connectivity index is 1.74. The lowest BCUT2D eigenvalue weighted by molar-refractivity contribution is 0.105. The molecule has 0 bridgehead atoms. The fraction of sp³-hybridized carbons (Fsp3) is 0.286. The molecule has 1 fully saturated rings. The van der Waals surface area contributed by atoms with Gasteiger partial charge in [-0.05, 0) is 31.2 Å². The van der Waals surface area contributed by atoms with Crippen LogP contribution in [0.15, 0.2) is 42.5 Å². The van der Waals surface area contributed by atoms with E-state index >= 15 is 0 Å². The summed E-state index contributed by atoms with van der Waals surface area (Å²) in [5.74, 6) is 0.569. The molecule has 150 valence electrons. The van der Waals surface area contributed by atoms with E-state index in [-0.39, 0.29) is 11.9 Å². The first-order valence-electron chi connectivity index (χ1n) is 9.46. The molecule has 1 saturated heterocycles. The number of piperazine rings is 1. The molecule has 0 N–H and O–H groups in total. The van der Waals surface area contributed by atoms with Crippen molar-refractivity contribution in [3.63, 3.8) is 0 Å². The Morgan fingerprint density at radius 3 is 2.59 bits per heavy atom. The number of hydrogen-bond acceptors (Lipinski definition) is 5. The van der Waals surface area contributed by atoms with Crippen molar-refractivity contribution >= 4 is 34.4 Å². The molecular formula is C21H20ClFN4O2. The minimum atomic E-state index is -0.379. The molecule has 6 nitrogen and oxygen atoms in total. The number of benzene rings is 2. The van der Waals surface area contributed by atoms with E-state index in [1.165, 1.54) is 6.07 Å². The first kappa shape index (κ1) is 19.4. The van der Waals surface area contributed by atoms with E-state index in [1.54, 1.807) is 30.0 Å². The average molecular weight is 415 g/mol. The van der Waals surface area contributed by atoms with E-state index in [1.807, 2.05) is 23.1 Å². The number of carbonyl (C=O) groups is 1. The van der Waals surface area contributed by atoms with E-state index < -0.39 is 0 Å². The van der Waals surface area contributed by atoms with Gasteiger partial charge in [0.15, 0.2) is 5.82 Å². The second-order valence-electron chi connectivity index (χ2n) is 6.66. The number of fused-ring (bicyclic) bond motifs is 1. The van der Waals surface area contributed by atoms with Gasteiger partial charge in [-0.1, -0.05) is 29.8 Å². The molecule has 1 aliphatic rings. The van der Waals surface area contributed by atoms with E-state index in [0.29, 0.717) is 65.9 Å². The zero-order valence-corrected chi connectivity index (χ0v) is 16.7. The van der Waals surface area contributed by atoms with Gasteiger partial charge in [0.05, 0.1) is 22.5 Å². The fourth-order valence-electron chi connectivity index (χ4n) is 3.43. The molecule has 8 heteroatoms. The van der Waals surface area contributed by atoms with Crippen molar-refractivity contribution < 1.29 is 13.9 Å². The van der Waals surface area contributed by atoms with E-state index in [0.717, 1.165) is 0 Å². The predicted octanol–water partition coefficient (Wildman–Crippen LogP) is 4.37. The molecule has 0 unspecified atom stereocenters. The monoisotopic (exact) mass is 414 g/mol. The highest BCUT2D eigenvalue weighted by atomic mass is 35.5. The molecular weight excluding hydrogens is 395 g/mol. The summed E-state index contributed by atoms with van der Waals surface area (Å²) in [7, 11) is 0. The van der Waals surface area contributed by atoms with Crippen molar-refractivity contribution in [2.24, 2.45) is 0 Å². The maximum absolute atomic E-state index is 14.7. The summed E-state index contributed by atoms with van der Waals surface area (Å²) in [5.41, 5.74) is 1.20. The van der Waals surface area contributed by atoms with Crippen LogP contribution in [0.4, 0.5) is 15.0 Å². The van der Waals surface area contributed by atoms with E-state index in [9.17, 15) is 9.18 Å². The number of amides is 1. The molecule has 1 aromatic heterocycles. The molecule has 0 aliphatic carbocycles. The number of ether oxygens (including phenoxy) is 1. The van der Waals surface area contributed by atoms with Crippen LogP contribution >= 0.6 is 11.6 Å². The van der Waals surface area contributed by atoms with Crippen LogP contribution in [0.1, 0.15) is 6.92 Å². The number of halogens is 2. The Hall–Kier alpha value is -2.93. The second kappa shape index (κ2) is 8.21. The third kappa shape index (κ3) is 3.82. The molecule has 29 heavy (non-hydrogen) atoms. The van der Waals surface area contributed by atoms with Crippen LogP contribution in [0.5, 0.6) is 0 Å². The summed E-state index contributed by atoms with van der Waals surface area (Å²) in [6, 6.07) is 12.1. The molecule has 3 aromatic rings. The highest BCUT2D eigenvalue weighted by Gasteiger charge is 2.25. The molecule has 0 atom stereocenters. The van der Waals surface area contributed by atoms with Crippen LogP contribution in [0.2, 0.25) is 5.02 Å². The molecule has 0 radical (unpaired) electrons. The van der Waals surface area contributed by atoms with Crippen LogP contribution in [0, 0.1) is 5.82 Å². The Labute approximate surface area is 172 Å². The van der Waals surface area contributed by atoms with Crippen LogP contribution in [-0.4, -0.2) is 53.7 Å². The molecule has 1 amide bonds. The van der Waals surface area contributed by atoms with Crippen molar-refractivity contribution in [2.75, 3.05) is 37.7 Å². The standard InChI is InChI=1S/C21H20ClFN4O2/c1-2-29-21(28)27-12-10-26(11-13-27)20-18-16(23)8-5-9-17(18)24-19(25-20)14-6-3-4-7-15(14)22/h3-9H,2,10-13H2,1H3. The van der Waals surface area contributed by atoms with Gasteiger partial charge < -0.3 is 14.5 Å². The van der Waals surface area contributed by atoms with Crippen molar-refractivity contribution in [2.45, 2.75) is 6.92 Å². The summed E-state index contributed by atoms with van der Waals surface area (Å²) in [5, 5.41) is 0.897. The number of nitrogens with zero attached hydrogens (tertiary/aromatic N) is 4. The largest absolute Gasteiger partial charge is 0.450 e. The number of anilines is 1. The highest BCUT2D eigenvalue weighted by molar-refractivity contribution is 6.33.